The fourth-order valence-corrected chi connectivity index (χ4v) is 3.35. The van der Waals surface area contributed by atoms with E-state index in [0.29, 0.717) is 11.1 Å². The molecule has 1 aromatic heterocycles. The Morgan fingerprint density at radius 2 is 2.00 bits per heavy atom. The van der Waals surface area contributed by atoms with Crippen molar-refractivity contribution in [3.05, 3.63) is 77.8 Å². The van der Waals surface area contributed by atoms with Gasteiger partial charge in [-0.25, -0.2) is 9.56 Å². The molecule has 0 bridgehead atoms. The third-order valence-electron chi connectivity index (χ3n) is 4.84. The van der Waals surface area contributed by atoms with Crippen LogP contribution < -0.4 is 5.73 Å². The van der Waals surface area contributed by atoms with E-state index in [-0.39, 0.29) is 5.41 Å². The van der Waals surface area contributed by atoms with Gasteiger partial charge in [0.1, 0.15) is 16.8 Å². The zero-order valence-corrected chi connectivity index (χ0v) is 14.6. The summed E-state index contributed by atoms with van der Waals surface area (Å²) >= 11 is 0. The SMILES string of the molecule is CC1(c2nc3c(C(N)=O)cccc3[nH]2)C=C[N+](CCc2ccccc2)=C1. The quantitative estimate of drug-likeness (QED) is 0.698. The maximum absolute atomic E-state index is 11.6. The number of carbonyl (C=O) groups is 1. The van der Waals surface area contributed by atoms with Crippen LogP contribution in [-0.2, 0) is 11.8 Å². The molecule has 4 rings (SSSR count). The molecule has 1 aliphatic rings. The number of fused-ring (bicyclic) bond motifs is 1. The third-order valence-corrected chi connectivity index (χ3v) is 4.84. The van der Waals surface area contributed by atoms with Gasteiger partial charge in [-0.1, -0.05) is 36.4 Å². The van der Waals surface area contributed by atoms with Crippen LogP contribution in [-0.4, -0.2) is 33.2 Å². The Labute approximate surface area is 151 Å². The van der Waals surface area contributed by atoms with Crippen molar-refractivity contribution in [1.29, 1.82) is 0 Å². The Balaban J connectivity index is 1.60. The van der Waals surface area contributed by atoms with Crippen LogP contribution in [0.4, 0.5) is 0 Å². The topological polar surface area (TPSA) is 74.8 Å². The molecule has 5 nitrogen and oxygen atoms in total. The minimum Gasteiger partial charge on any atom is -0.366 e. The van der Waals surface area contributed by atoms with Crippen LogP contribution in [0.5, 0.6) is 0 Å². The van der Waals surface area contributed by atoms with Crippen LogP contribution >= 0.6 is 0 Å². The number of aromatic amines is 1. The van der Waals surface area contributed by atoms with E-state index in [1.807, 2.05) is 18.2 Å². The predicted octanol–water partition coefficient (Wildman–Crippen LogP) is 2.77. The van der Waals surface area contributed by atoms with Crippen molar-refractivity contribution in [2.75, 3.05) is 6.54 Å². The minimum absolute atomic E-state index is 0.343. The first-order valence-electron chi connectivity index (χ1n) is 8.69. The number of rotatable bonds is 5. The first-order valence-corrected chi connectivity index (χ1v) is 8.69. The number of aromatic nitrogens is 2. The van der Waals surface area contributed by atoms with Crippen molar-refractivity contribution in [2.24, 2.45) is 5.73 Å². The molecular formula is C21H21N4O+. The molecule has 3 N–H and O–H groups in total. The smallest absolute Gasteiger partial charge is 0.250 e. The van der Waals surface area contributed by atoms with Crippen molar-refractivity contribution in [3.63, 3.8) is 0 Å². The molecular weight excluding hydrogens is 324 g/mol. The number of primary amides is 1. The van der Waals surface area contributed by atoms with E-state index in [1.165, 1.54) is 5.56 Å². The Kier molecular flexibility index (Phi) is 3.92. The van der Waals surface area contributed by atoms with Gasteiger partial charge in [-0.2, -0.15) is 0 Å². The van der Waals surface area contributed by atoms with Gasteiger partial charge in [0.2, 0.25) is 0 Å². The molecule has 0 fully saturated rings. The fourth-order valence-electron chi connectivity index (χ4n) is 3.35. The largest absolute Gasteiger partial charge is 0.366 e. The van der Waals surface area contributed by atoms with E-state index in [4.69, 9.17) is 5.73 Å². The summed E-state index contributed by atoms with van der Waals surface area (Å²) in [5.41, 5.74) is 8.33. The molecule has 1 unspecified atom stereocenters. The summed E-state index contributed by atoms with van der Waals surface area (Å²) in [5.74, 6) is 0.342. The van der Waals surface area contributed by atoms with E-state index in [9.17, 15) is 4.79 Å². The number of hydrogen-bond acceptors (Lipinski definition) is 2. The predicted molar refractivity (Wildman–Crippen MR) is 102 cm³/mol. The number of para-hydroxylation sites is 1. The monoisotopic (exact) mass is 345 g/mol. The summed E-state index contributed by atoms with van der Waals surface area (Å²) in [6, 6.07) is 15.9. The van der Waals surface area contributed by atoms with Crippen LogP contribution in [0, 0.1) is 0 Å². The Hall–Kier alpha value is -3.21. The van der Waals surface area contributed by atoms with Crippen LogP contribution in [0.3, 0.4) is 0 Å². The number of amides is 1. The molecule has 0 aliphatic carbocycles. The molecule has 2 heterocycles. The summed E-state index contributed by atoms with van der Waals surface area (Å²) < 4.78 is 2.19. The Bertz CT molecular complexity index is 1030. The van der Waals surface area contributed by atoms with Gasteiger partial charge in [0.05, 0.1) is 11.1 Å². The highest BCUT2D eigenvalue weighted by atomic mass is 16.1. The van der Waals surface area contributed by atoms with Gasteiger partial charge in [-0.05, 0) is 24.6 Å². The molecule has 5 heteroatoms. The maximum Gasteiger partial charge on any atom is 0.250 e. The Morgan fingerprint density at radius 3 is 2.77 bits per heavy atom. The first-order chi connectivity index (χ1) is 12.5. The second kappa shape index (κ2) is 6.26. The number of H-pyrrole nitrogens is 1. The summed E-state index contributed by atoms with van der Waals surface area (Å²) in [6.07, 6.45) is 7.35. The molecule has 0 radical (unpaired) electrons. The lowest BCUT2D eigenvalue weighted by molar-refractivity contribution is -0.449. The van der Waals surface area contributed by atoms with Gasteiger partial charge in [0, 0.05) is 12.5 Å². The lowest BCUT2D eigenvalue weighted by Crippen LogP contribution is -2.23. The van der Waals surface area contributed by atoms with Gasteiger partial charge < -0.3 is 10.7 Å². The molecule has 3 aromatic rings. The van der Waals surface area contributed by atoms with Crippen LogP contribution in [0.15, 0.2) is 60.8 Å². The maximum atomic E-state index is 11.6. The number of nitrogens with two attached hydrogens (primary N) is 1. The molecule has 0 spiro atoms. The summed E-state index contributed by atoms with van der Waals surface area (Å²) in [5, 5.41) is 0. The second-order valence-corrected chi connectivity index (χ2v) is 6.85. The van der Waals surface area contributed by atoms with Crippen LogP contribution in [0.25, 0.3) is 11.0 Å². The number of nitrogens with one attached hydrogen (secondary N) is 1. The lowest BCUT2D eigenvalue weighted by Gasteiger charge is -2.10. The summed E-state index contributed by atoms with van der Waals surface area (Å²) in [4.78, 5) is 19.6. The number of nitrogens with zero attached hydrogens (tertiary/aromatic N) is 2. The summed E-state index contributed by atoms with van der Waals surface area (Å²) in [6.45, 7) is 3.01. The number of imidazole rings is 1. The van der Waals surface area contributed by atoms with Crippen LogP contribution in [0.1, 0.15) is 28.7 Å². The number of carbonyl (C=O) groups excluding carboxylic acids is 1. The van der Waals surface area contributed by atoms with E-state index in [2.05, 4.69) is 64.2 Å². The second-order valence-electron chi connectivity index (χ2n) is 6.85. The molecule has 0 saturated heterocycles. The highest BCUT2D eigenvalue weighted by molar-refractivity contribution is 6.04. The molecule has 1 atom stereocenters. The highest BCUT2D eigenvalue weighted by Gasteiger charge is 2.35. The first kappa shape index (κ1) is 16.3. The van der Waals surface area contributed by atoms with Gasteiger partial charge in [-0.3, -0.25) is 4.79 Å². The third kappa shape index (κ3) is 2.92. The molecule has 1 amide bonds. The molecule has 1 aliphatic heterocycles. The van der Waals surface area contributed by atoms with Crippen molar-refractivity contribution in [2.45, 2.75) is 18.8 Å². The number of hydrogen-bond donors (Lipinski definition) is 2. The highest BCUT2D eigenvalue weighted by Crippen LogP contribution is 2.27. The van der Waals surface area contributed by atoms with Gasteiger partial charge in [-0.15, -0.1) is 0 Å². The number of benzene rings is 2. The van der Waals surface area contributed by atoms with Gasteiger partial charge >= 0.3 is 0 Å². The van der Waals surface area contributed by atoms with E-state index >= 15 is 0 Å². The zero-order chi connectivity index (χ0) is 18.1. The van der Waals surface area contributed by atoms with Crippen molar-refractivity contribution < 1.29 is 9.37 Å². The molecule has 130 valence electrons. The average molecular weight is 345 g/mol. The van der Waals surface area contributed by atoms with Gasteiger partial charge in [0.25, 0.3) is 5.91 Å². The normalized spacial score (nSPS) is 19.0. The Morgan fingerprint density at radius 1 is 1.19 bits per heavy atom. The van der Waals surface area contributed by atoms with E-state index < -0.39 is 5.91 Å². The van der Waals surface area contributed by atoms with Crippen molar-refractivity contribution in [1.82, 2.24) is 9.97 Å². The molecule has 26 heavy (non-hydrogen) atoms. The van der Waals surface area contributed by atoms with Gasteiger partial charge in [0.15, 0.2) is 19.0 Å². The number of allylic oxidation sites excluding steroid dienone is 1. The minimum atomic E-state index is -0.464. The van der Waals surface area contributed by atoms with Crippen molar-refractivity contribution >= 4 is 23.2 Å². The standard InChI is InChI=1S/C21H20N4O/c1-21(11-13-25(14-21)12-10-15-6-3-2-4-7-15)20-23-17-9-5-8-16(19(22)26)18(17)24-20/h2-9,11,13-14H,10,12H2,1H3,(H2-,22,23,24,26)/p+1. The fraction of sp³-hybridized carbons (Fsp3) is 0.190. The zero-order valence-electron chi connectivity index (χ0n) is 14.6. The van der Waals surface area contributed by atoms with Crippen molar-refractivity contribution in [3.8, 4) is 0 Å². The van der Waals surface area contributed by atoms with E-state index in [0.717, 1.165) is 24.3 Å². The summed E-state index contributed by atoms with van der Waals surface area (Å²) in [7, 11) is 0. The lowest BCUT2D eigenvalue weighted by atomic mass is 9.93. The molecule has 0 saturated carbocycles. The van der Waals surface area contributed by atoms with Crippen LogP contribution in [0.2, 0.25) is 0 Å². The average Bonchev–Trinajstić information content (AvgIpc) is 3.25. The van der Waals surface area contributed by atoms with E-state index in [1.54, 1.807) is 6.07 Å². The molecule has 2 aromatic carbocycles.